The lowest BCUT2D eigenvalue weighted by molar-refractivity contribution is 0.337. The summed E-state index contributed by atoms with van der Waals surface area (Å²) in [5.41, 5.74) is 2.18. The number of benzene rings is 2. The van der Waals surface area contributed by atoms with Crippen LogP contribution in [0.3, 0.4) is 0 Å². The molecule has 0 atom stereocenters. The Morgan fingerprint density at radius 2 is 1.79 bits per heavy atom. The molecular formula is C25H25N5O3. The molecule has 168 valence electrons. The van der Waals surface area contributed by atoms with Crippen LogP contribution in [0.1, 0.15) is 44.6 Å². The second kappa shape index (κ2) is 8.79. The summed E-state index contributed by atoms with van der Waals surface area (Å²) in [6, 6.07) is 14.9. The number of H-pyrrole nitrogens is 1. The van der Waals surface area contributed by atoms with E-state index < -0.39 is 0 Å². The van der Waals surface area contributed by atoms with E-state index in [0.717, 1.165) is 5.56 Å². The number of aryl methyl sites for hydroxylation is 1. The minimum absolute atomic E-state index is 0.0746. The molecular weight excluding hydrogens is 418 g/mol. The molecule has 0 bridgehead atoms. The first-order chi connectivity index (χ1) is 15.8. The van der Waals surface area contributed by atoms with Gasteiger partial charge in [0.15, 0.2) is 5.65 Å². The van der Waals surface area contributed by atoms with E-state index in [1.54, 1.807) is 18.2 Å². The molecule has 0 aliphatic carbocycles. The van der Waals surface area contributed by atoms with Crippen molar-refractivity contribution in [1.82, 2.24) is 19.9 Å². The second-order valence-corrected chi connectivity index (χ2v) is 8.52. The van der Waals surface area contributed by atoms with Crippen molar-refractivity contribution in [3.05, 3.63) is 59.4 Å². The highest BCUT2D eigenvalue weighted by atomic mass is 16.5. The highest BCUT2D eigenvalue weighted by Crippen LogP contribution is 2.36. The normalized spacial score (nSPS) is 11.3. The highest BCUT2D eigenvalue weighted by Gasteiger charge is 2.22. The molecule has 8 heteroatoms. The fraction of sp³-hybridized carbons (Fsp3) is 0.280. The Bertz CT molecular complexity index is 1350. The Hall–Kier alpha value is -4.12. The zero-order valence-electron chi connectivity index (χ0n) is 19.3. The van der Waals surface area contributed by atoms with Crippen LogP contribution < -0.4 is 14.2 Å². The van der Waals surface area contributed by atoms with Gasteiger partial charge in [0.1, 0.15) is 28.6 Å². The number of hydrogen-bond donors (Lipinski definition) is 1. The predicted octanol–water partition coefficient (Wildman–Crippen LogP) is 5.81. The van der Waals surface area contributed by atoms with E-state index in [1.165, 1.54) is 0 Å². The van der Waals surface area contributed by atoms with E-state index in [1.807, 2.05) is 38.1 Å². The number of rotatable bonds is 6. The Labute approximate surface area is 192 Å². The monoisotopic (exact) mass is 443 g/mol. The van der Waals surface area contributed by atoms with E-state index in [0.29, 0.717) is 46.4 Å². The van der Waals surface area contributed by atoms with E-state index in [9.17, 15) is 5.26 Å². The van der Waals surface area contributed by atoms with Gasteiger partial charge < -0.3 is 19.2 Å². The quantitative estimate of drug-likeness (QED) is 0.400. The van der Waals surface area contributed by atoms with Crippen LogP contribution >= 0.6 is 0 Å². The maximum atomic E-state index is 9.35. The van der Waals surface area contributed by atoms with Gasteiger partial charge in [0, 0.05) is 11.6 Å². The van der Waals surface area contributed by atoms with Crippen molar-refractivity contribution in [3.8, 4) is 35.2 Å². The standard InChI is InChI=1S/C25H25N5O3/c1-6-31-17-8-7-9-18(13-17)32-23-21-22(28-15(2)27-21)29-24(30-23)33-20-12-16(14-26)10-11-19(20)25(3,4)5/h7-13H,6H2,1-5H3,(H,27,28,29,30). The van der Waals surface area contributed by atoms with Crippen LogP contribution in [0.4, 0.5) is 0 Å². The number of fused-ring (bicyclic) bond motifs is 1. The first kappa shape index (κ1) is 22.1. The number of nitrogens with zero attached hydrogens (tertiary/aromatic N) is 4. The van der Waals surface area contributed by atoms with Crippen molar-refractivity contribution in [1.29, 1.82) is 5.26 Å². The number of aromatic amines is 1. The van der Waals surface area contributed by atoms with E-state index in [4.69, 9.17) is 14.2 Å². The van der Waals surface area contributed by atoms with Crippen LogP contribution in [0.25, 0.3) is 11.2 Å². The van der Waals surface area contributed by atoms with E-state index >= 15 is 0 Å². The predicted molar refractivity (Wildman–Crippen MR) is 124 cm³/mol. The van der Waals surface area contributed by atoms with Crippen LogP contribution in [0.15, 0.2) is 42.5 Å². The molecule has 2 aromatic heterocycles. The first-order valence-corrected chi connectivity index (χ1v) is 10.6. The molecule has 1 N–H and O–H groups in total. The van der Waals surface area contributed by atoms with Gasteiger partial charge in [0.05, 0.1) is 18.2 Å². The zero-order chi connectivity index (χ0) is 23.6. The van der Waals surface area contributed by atoms with E-state index in [2.05, 4.69) is 46.8 Å². The summed E-state index contributed by atoms with van der Waals surface area (Å²) in [5, 5.41) is 9.35. The maximum absolute atomic E-state index is 9.35. The third-order valence-electron chi connectivity index (χ3n) is 4.87. The number of nitrogens with one attached hydrogen (secondary N) is 1. The zero-order valence-corrected chi connectivity index (χ0v) is 19.3. The molecule has 0 unspecified atom stereocenters. The molecule has 0 fully saturated rings. The van der Waals surface area contributed by atoms with Gasteiger partial charge in [-0.1, -0.05) is 32.9 Å². The lowest BCUT2D eigenvalue weighted by atomic mass is 9.86. The van der Waals surface area contributed by atoms with Gasteiger partial charge in [-0.15, -0.1) is 0 Å². The molecule has 2 heterocycles. The van der Waals surface area contributed by atoms with Gasteiger partial charge in [-0.3, -0.25) is 0 Å². The van der Waals surface area contributed by atoms with Crippen LogP contribution in [0.2, 0.25) is 0 Å². The molecule has 8 nitrogen and oxygen atoms in total. The molecule has 2 aromatic carbocycles. The summed E-state index contributed by atoms with van der Waals surface area (Å²) in [6.45, 7) is 10.5. The van der Waals surface area contributed by atoms with E-state index in [-0.39, 0.29) is 17.3 Å². The average molecular weight is 444 g/mol. The molecule has 0 saturated heterocycles. The Morgan fingerprint density at radius 3 is 2.52 bits per heavy atom. The third kappa shape index (κ3) is 4.88. The van der Waals surface area contributed by atoms with Crippen molar-refractivity contribution >= 4 is 11.2 Å². The second-order valence-electron chi connectivity index (χ2n) is 8.52. The number of nitriles is 1. The summed E-state index contributed by atoms with van der Waals surface area (Å²) in [5.74, 6) is 2.71. The van der Waals surface area contributed by atoms with Crippen LogP contribution in [-0.2, 0) is 5.41 Å². The third-order valence-corrected chi connectivity index (χ3v) is 4.87. The summed E-state index contributed by atoms with van der Waals surface area (Å²) < 4.78 is 17.7. The SMILES string of the molecule is CCOc1cccc(Oc2nc(Oc3cc(C#N)ccc3C(C)(C)C)nc3nc(C)[nH]c23)c1. The van der Waals surface area contributed by atoms with Gasteiger partial charge >= 0.3 is 6.01 Å². The first-order valence-electron chi connectivity index (χ1n) is 10.6. The minimum atomic E-state index is -0.213. The molecule has 0 radical (unpaired) electrons. The maximum Gasteiger partial charge on any atom is 0.327 e. The summed E-state index contributed by atoms with van der Waals surface area (Å²) >= 11 is 0. The summed E-state index contributed by atoms with van der Waals surface area (Å²) in [7, 11) is 0. The number of imidazole rings is 1. The van der Waals surface area contributed by atoms with Crippen molar-refractivity contribution in [2.75, 3.05) is 6.61 Å². The van der Waals surface area contributed by atoms with Crippen LogP contribution in [0, 0.1) is 18.3 Å². The molecule has 0 saturated carbocycles. The van der Waals surface area contributed by atoms with Crippen molar-refractivity contribution in [2.45, 2.75) is 40.0 Å². The Morgan fingerprint density at radius 1 is 1.00 bits per heavy atom. The number of ether oxygens (including phenoxy) is 3. The molecule has 0 amide bonds. The van der Waals surface area contributed by atoms with Crippen molar-refractivity contribution in [2.24, 2.45) is 0 Å². The van der Waals surface area contributed by atoms with Gasteiger partial charge in [-0.05, 0) is 43.5 Å². The fourth-order valence-corrected chi connectivity index (χ4v) is 3.39. The lowest BCUT2D eigenvalue weighted by Crippen LogP contribution is -2.13. The molecule has 0 spiro atoms. The number of hydrogen-bond acceptors (Lipinski definition) is 7. The molecule has 4 rings (SSSR count). The summed E-state index contributed by atoms with van der Waals surface area (Å²) in [4.78, 5) is 16.5. The molecule has 0 aliphatic rings. The minimum Gasteiger partial charge on any atom is -0.494 e. The van der Waals surface area contributed by atoms with Gasteiger partial charge in [-0.25, -0.2) is 4.98 Å². The fourth-order valence-electron chi connectivity index (χ4n) is 3.39. The Balaban J connectivity index is 1.77. The largest absolute Gasteiger partial charge is 0.494 e. The molecule has 33 heavy (non-hydrogen) atoms. The summed E-state index contributed by atoms with van der Waals surface area (Å²) in [6.07, 6.45) is 0. The Kier molecular flexibility index (Phi) is 5.88. The molecule has 0 aliphatic heterocycles. The smallest absolute Gasteiger partial charge is 0.327 e. The van der Waals surface area contributed by atoms with Gasteiger partial charge in [0.2, 0.25) is 0 Å². The highest BCUT2D eigenvalue weighted by molar-refractivity contribution is 5.77. The van der Waals surface area contributed by atoms with Crippen LogP contribution in [-0.4, -0.2) is 26.5 Å². The van der Waals surface area contributed by atoms with Crippen LogP contribution in [0.5, 0.6) is 29.1 Å². The number of aromatic nitrogens is 4. The molecule has 4 aromatic rings. The van der Waals surface area contributed by atoms with Crippen molar-refractivity contribution < 1.29 is 14.2 Å². The topological polar surface area (TPSA) is 106 Å². The van der Waals surface area contributed by atoms with Crippen molar-refractivity contribution in [3.63, 3.8) is 0 Å². The van der Waals surface area contributed by atoms with Gasteiger partial charge in [0.25, 0.3) is 5.88 Å². The average Bonchev–Trinajstić information content (AvgIpc) is 3.14. The lowest BCUT2D eigenvalue weighted by Gasteiger charge is -2.22. The van der Waals surface area contributed by atoms with Gasteiger partial charge in [-0.2, -0.15) is 15.2 Å².